The van der Waals surface area contributed by atoms with Crippen LogP contribution in [0.3, 0.4) is 0 Å². The highest BCUT2D eigenvalue weighted by Gasteiger charge is 2.07. The van der Waals surface area contributed by atoms with E-state index in [0.717, 1.165) is 5.69 Å². The third kappa shape index (κ3) is 2.42. The van der Waals surface area contributed by atoms with Crippen molar-refractivity contribution in [2.75, 3.05) is 25.3 Å². The maximum Gasteiger partial charge on any atom is 0.157 e. The molecular weight excluding hydrogens is 232 g/mol. The van der Waals surface area contributed by atoms with Crippen molar-refractivity contribution in [3.63, 3.8) is 0 Å². The van der Waals surface area contributed by atoms with Crippen LogP contribution in [0.5, 0.6) is 11.5 Å². The summed E-state index contributed by atoms with van der Waals surface area (Å²) < 4.78 is 10.4. The van der Waals surface area contributed by atoms with Crippen LogP contribution in [-0.2, 0) is 0 Å². The van der Waals surface area contributed by atoms with Crippen molar-refractivity contribution in [1.29, 1.82) is 0 Å². The minimum atomic E-state index is 0.468. The Morgan fingerprint density at radius 2 is 2.06 bits per heavy atom. The fourth-order valence-corrected chi connectivity index (χ4v) is 1.47. The second kappa shape index (κ2) is 5.22. The smallest absolute Gasteiger partial charge is 0.157 e. The summed E-state index contributed by atoms with van der Waals surface area (Å²) in [6, 6.07) is 5.43. The first kappa shape index (κ1) is 12.0. The summed E-state index contributed by atoms with van der Waals surface area (Å²) in [4.78, 5) is 7.89. The molecule has 94 valence electrons. The second-order valence-corrected chi connectivity index (χ2v) is 3.52. The van der Waals surface area contributed by atoms with E-state index in [0.29, 0.717) is 23.0 Å². The molecular formula is C12H14N4O2. The number of hydrogen-bond acceptors (Lipinski definition) is 6. The standard InChI is InChI=1S/C12H14N4O2/c1-17-8-3-4-10(11(5-8)18-2)16-12-9(13)6-14-7-15-12/h3-7H,13H2,1-2H3,(H,14,15,16). The van der Waals surface area contributed by atoms with E-state index >= 15 is 0 Å². The lowest BCUT2D eigenvalue weighted by atomic mass is 10.2. The number of nitrogen functional groups attached to an aromatic ring is 1. The van der Waals surface area contributed by atoms with Gasteiger partial charge in [0.1, 0.15) is 17.8 Å². The summed E-state index contributed by atoms with van der Waals surface area (Å²) in [6.07, 6.45) is 2.96. The van der Waals surface area contributed by atoms with Crippen molar-refractivity contribution < 1.29 is 9.47 Å². The molecule has 0 aliphatic rings. The van der Waals surface area contributed by atoms with Crippen molar-refractivity contribution in [2.45, 2.75) is 0 Å². The van der Waals surface area contributed by atoms with Gasteiger partial charge in [0, 0.05) is 6.07 Å². The van der Waals surface area contributed by atoms with Crippen LogP contribution in [0.1, 0.15) is 0 Å². The predicted molar refractivity (Wildman–Crippen MR) is 69.3 cm³/mol. The fraction of sp³-hybridized carbons (Fsp3) is 0.167. The van der Waals surface area contributed by atoms with Gasteiger partial charge in [-0.1, -0.05) is 0 Å². The summed E-state index contributed by atoms with van der Waals surface area (Å²) in [5, 5.41) is 3.09. The molecule has 3 N–H and O–H groups in total. The summed E-state index contributed by atoms with van der Waals surface area (Å²) in [5.41, 5.74) is 6.98. The van der Waals surface area contributed by atoms with E-state index in [-0.39, 0.29) is 0 Å². The molecule has 0 aliphatic heterocycles. The Hall–Kier alpha value is -2.50. The van der Waals surface area contributed by atoms with Crippen LogP contribution in [-0.4, -0.2) is 24.2 Å². The SMILES string of the molecule is COc1ccc(Nc2ncncc2N)c(OC)c1. The average Bonchev–Trinajstić information content (AvgIpc) is 2.41. The van der Waals surface area contributed by atoms with Crippen LogP contribution < -0.4 is 20.5 Å². The van der Waals surface area contributed by atoms with Crippen molar-refractivity contribution in [1.82, 2.24) is 9.97 Å². The Bertz CT molecular complexity index is 545. The van der Waals surface area contributed by atoms with Gasteiger partial charge < -0.3 is 20.5 Å². The monoisotopic (exact) mass is 246 g/mol. The number of ether oxygens (including phenoxy) is 2. The fourth-order valence-electron chi connectivity index (χ4n) is 1.47. The van der Waals surface area contributed by atoms with Crippen LogP contribution in [0.2, 0.25) is 0 Å². The van der Waals surface area contributed by atoms with Crippen LogP contribution in [0.25, 0.3) is 0 Å². The van der Waals surface area contributed by atoms with Crippen LogP contribution in [0, 0.1) is 0 Å². The average molecular weight is 246 g/mol. The molecule has 1 heterocycles. The number of methoxy groups -OCH3 is 2. The summed E-state index contributed by atoms with van der Waals surface area (Å²) in [5.74, 6) is 1.90. The van der Waals surface area contributed by atoms with Gasteiger partial charge in [0.15, 0.2) is 5.82 Å². The molecule has 0 unspecified atom stereocenters. The third-order valence-corrected chi connectivity index (χ3v) is 2.40. The molecule has 2 aromatic rings. The zero-order valence-electron chi connectivity index (χ0n) is 10.2. The molecule has 0 bridgehead atoms. The molecule has 0 fully saturated rings. The van der Waals surface area contributed by atoms with Gasteiger partial charge in [0.05, 0.1) is 31.8 Å². The topological polar surface area (TPSA) is 82.3 Å². The molecule has 0 radical (unpaired) electrons. The first-order valence-electron chi connectivity index (χ1n) is 5.29. The number of hydrogen-bond donors (Lipinski definition) is 2. The highest BCUT2D eigenvalue weighted by molar-refractivity contribution is 5.72. The minimum absolute atomic E-state index is 0.468. The van der Waals surface area contributed by atoms with Gasteiger partial charge in [-0.05, 0) is 12.1 Å². The van der Waals surface area contributed by atoms with Gasteiger partial charge in [0.2, 0.25) is 0 Å². The van der Waals surface area contributed by atoms with Crippen LogP contribution >= 0.6 is 0 Å². The van der Waals surface area contributed by atoms with E-state index in [9.17, 15) is 0 Å². The van der Waals surface area contributed by atoms with Gasteiger partial charge in [-0.3, -0.25) is 0 Å². The van der Waals surface area contributed by atoms with Gasteiger partial charge in [0.25, 0.3) is 0 Å². The lowest BCUT2D eigenvalue weighted by Crippen LogP contribution is -2.01. The molecule has 6 nitrogen and oxygen atoms in total. The number of benzene rings is 1. The van der Waals surface area contributed by atoms with E-state index in [1.54, 1.807) is 20.3 Å². The quantitative estimate of drug-likeness (QED) is 0.856. The van der Waals surface area contributed by atoms with Crippen molar-refractivity contribution in [3.05, 3.63) is 30.7 Å². The van der Waals surface area contributed by atoms with Crippen molar-refractivity contribution in [3.8, 4) is 11.5 Å². The normalized spacial score (nSPS) is 9.89. The molecule has 0 amide bonds. The van der Waals surface area contributed by atoms with E-state index in [1.807, 2.05) is 12.1 Å². The van der Waals surface area contributed by atoms with Gasteiger partial charge in [-0.2, -0.15) is 0 Å². The summed E-state index contributed by atoms with van der Waals surface area (Å²) >= 11 is 0. The van der Waals surface area contributed by atoms with Crippen LogP contribution in [0.4, 0.5) is 17.2 Å². The first-order valence-corrected chi connectivity index (χ1v) is 5.29. The van der Waals surface area contributed by atoms with E-state index < -0.39 is 0 Å². The molecule has 0 spiro atoms. The Morgan fingerprint density at radius 3 is 2.72 bits per heavy atom. The zero-order valence-corrected chi connectivity index (χ0v) is 10.2. The Morgan fingerprint density at radius 1 is 1.22 bits per heavy atom. The molecule has 0 aliphatic carbocycles. The number of nitrogens with one attached hydrogen (secondary N) is 1. The second-order valence-electron chi connectivity index (χ2n) is 3.52. The number of nitrogens with zero attached hydrogens (tertiary/aromatic N) is 2. The Labute approximate surface area is 105 Å². The highest BCUT2D eigenvalue weighted by Crippen LogP contribution is 2.31. The Balaban J connectivity index is 2.32. The summed E-state index contributed by atoms with van der Waals surface area (Å²) in [7, 11) is 3.19. The lowest BCUT2D eigenvalue weighted by molar-refractivity contribution is 0.395. The predicted octanol–water partition coefficient (Wildman–Crippen LogP) is 1.82. The maximum absolute atomic E-state index is 5.76. The number of aromatic nitrogens is 2. The van der Waals surface area contributed by atoms with Crippen LogP contribution in [0.15, 0.2) is 30.7 Å². The van der Waals surface area contributed by atoms with Crippen molar-refractivity contribution >= 4 is 17.2 Å². The Kier molecular flexibility index (Phi) is 3.47. The zero-order chi connectivity index (χ0) is 13.0. The van der Waals surface area contributed by atoms with Gasteiger partial charge in [-0.15, -0.1) is 0 Å². The molecule has 18 heavy (non-hydrogen) atoms. The van der Waals surface area contributed by atoms with Gasteiger partial charge >= 0.3 is 0 Å². The minimum Gasteiger partial charge on any atom is -0.497 e. The van der Waals surface area contributed by atoms with E-state index in [2.05, 4.69) is 15.3 Å². The number of nitrogens with two attached hydrogens (primary N) is 1. The van der Waals surface area contributed by atoms with Crippen molar-refractivity contribution in [2.24, 2.45) is 0 Å². The number of rotatable bonds is 4. The van der Waals surface area contributed by atoms with E-state index in [4.69, 9.17) is 15.2 Å². The molecule has 6 heteroatoms. The van der Waals surface area contributed by atoms with E-state index in [1.165, 1.54) is 12.5 Å². The molecule has 1 aromatic heterocycles. The summed E-state index contributed by atoms with van der Waals surface area (Å²) in [6.45, 7) is 0. The van der Waals surface area contributed by atoms with Gasteiger partial charge in [-0.25, -0.2) is 9.97 Å². The molecule has 0 atom stereocenters. The first-order chi connectivity index (χ1) is 8.74. The third-order valence-electron chi connectivity index (χ3n) is 2.40. The molecule has 0 saturated heterocycles. The largest absolute Gasteiger partial charge is 0.497 e. The highest BCUT2D eigenvalue weighted by atomic mass is 16.5. The molecule has 1 aromatic carbocycles. The molecule has 0 saturated carbocycles. The maximum atomic E-state index is 5.76. The lowest BCUT2D eigenvalue weighted by Gasteiger charge is -2.12. The molecule has 2 rings (SSSR count). The number of anilines is 3.